The molecule has 2 nitrogen and oxygen atoms in total. The molecule has 0 fully saturated rings. The predicted octanol–water partition coefficient (Wildman–Crippen LogP) is 4.53. The largest absolute Gasteiger partial charge is 0.496 e. The van der Waals surface area contributed by atoms with Crippen LogP contribution in [0.4, 0.5) is 5.69 Å². The second kappa shape index (κ2) is 6.22. The molecular formula is C15H16ClNOS. The number of halogens is 1. The van der Waals surface area contributed by atoms with Gasteiger partial charge in [0.05, 0.1) is 7.11 Å². The number of nitrogens with two attached hydrogens (primary N) is 1. The monoisotopic (exact) mass is 293 g/mol. The van der Waals surface area contributed by atoms with E-state index < -0.39 is 0 Å². The minimum atomic E-state index is 0.716. The first-order chi connectivity index (χ1) is 9.10. The molecule has 0 aliphatic carbocycles. The van der Waals surface area contributed by atoms with Crippen molar-refractivity contribution in [3.05, 3.63) is 52.5 Å². The average Bonchev–Trinajstić information content (AvgIpc) is 2.40. The van der Waals surface area contributed by atoms with E-state index in [4.69, 9.17) is 22.1 Å². The van der Waals surface area contributed by atoms with Gasteiger partial charge in [0, 0.05) is 26.9 Å². The number of anilines is 1. The van der Waals surface area contributed by atoms with Crippen LogP contribution in [-0.2, 0) is 5.75 Å². The quantitative estimate of drug-likeness (QED) is 0.664. The van der Waals surface area contributed by atoms with Crippen LogP contribution in [0.2, 0.25) is 5.02 Å². The van der Waals surface area contributed by atoms with Crippen molar-refractivity contribution in [2.24, 2.45) is 0 Å². The highest BCUT2D eigenvalue weighted by atomic mass is 35.5. The zero-order chi connectivity index (χ0) is 13.8. The lowest BCUT2D eigenvalue weighted by molar-refractivity contribution is 0.411. The molecule has 0 atom stereocenters. The zero-order valence-electron chi connectivity index (χ0n) is 10.9. The molecule has 0 saturated heterocycles. The van der Waals surface area contributed by atoms with Crippen molar-refractivity contribution in [3.63, 3.8) is 0 Å². The Hall–Kier alpha value is -1.32. The molecule has 0 aliphatic rings. The number of hydrogen-bond acceptors (Lipinski definition) is 3. The van der Waals surface area contributed by atoms with Crippen molar-refractivity contribution in [1.82, 2.24) is 0 Å². The summed E-state index contributed by atoms with van der Waals surface area (Å²) in [7, 11) is 1.67. The molecule has 0 unspecified atom stereocenters. The fourth-order valence-corrected chi connectivity index (χ4v) is 3.02. The normalized spacial score (nSPS) is 10.5. The average molecular weight is 294 g/mol. The molecule has 0 radical (unpaired) electrons. The molecule has 0 heterocycles. The van der Waals surface area contributed by atoms with Crippen LogP contribution >= 0.6 is 23.4 Å². The molecule has 100 valence electrons. The van der Waals surface area contributed by atoms with Gasteiger partial charge in [-0.15, -0.1) is 11.8 Å². The Labute approximate surface area is 122 Å². The fraction of sp³-hybridized carbons (Fsp3) is 0.200. The summed E-state index contributed by atoms with van der Waals surface area (Å²) in [6.07, 6.45) is 0. The zero-order valence-corrected chi connectivity index (χ0v) is 12.5. The Morgan fingerprint density at radius 3 is 2.74 bits per heavy atom. The van der Waals surface area contributed by atoms with Gasteiger partial charge in [-0.1, -0.05) is 17.7 Å². The molecule has 19 heavy (non-hydrogen) atoms. The molecule has 0 aliphatic heterocycles. The van der Waals surface area contributed by atoms with E-state index in [1.807, 2.05) is 30.3 Å². The van der Waals surface area contributed by atoms with Crippen LogP contribution in [0.15, 0.2) is 41.3 Å². The first kappa shape index (κ1) is 14.1. The molecule has 4 heteroatoms. The second-order valence-electron chi connectivity index (χ2n) is 4.29. The Morgan fingerprint density at radius 2 is 2.00 bits per heavy atom. The lowest BCUT2D eigenvalue weighted by Crippen LogP contribution is -1.92. The van der Waals surface area contributed by atoms with Gasteiger partial charge in [-0.05, 0) is 42.8 Å². The number of thioether (sulfide) groups is 1. The summed E-state index contributed by atoms with van der Waals surface area (Å²) in [6.45, 7) is 2.06. The Balaban J connectivity index is 2.18. The maximum Gasteiger partial charge on any atom is 0.123 e. The van der Waals surface area contributed by atoms with Gasteiger partial charge in [-0.25, -0.2) is 0 Å². The molecular weight excluding hydrogens is 278 g/mol. The first-order valence-electron chi connectivity index (χ1n) is 5.91. The van der Waals surface area contributed by atoms with Gasteiger partial charge < -0.3 is 10.5 Å². The van der Waals surface area contributed by atoms with Crippen LogP contribution in [0, 0.1) is 6.92 Å². The van der Waals surface area contributed by atoms with E-state index in [1.54, 1.807) is 18.9 Å². The molecule has 0 amide bonds. The number of rotatable bonds is 4. The standard InChI is InChI=1S/C15H16ClNOS/c1-10-3-5-13(17)15(7-10)19-9-11-8-12(16)4-6-14(11)18-2/h3-8H,9,17H2,1-2H3. The van der Waals surface area contributed by atoms with E-state index in [0.717, 1.165) is 27.6 Å². The summed E-state index contributed by atoms with van der Waals surface area (Å²) in [4.78, 5) is 1.09. The third-order valence-electron chi connectivity index (χ3n) is 2.79. The number of benzene rings is 2. The molecule has 0 saturated carbocycles. The van der Waals surface area contributed by atoms with Crippen LogP contribution in [0.3, 0.4) is 0 Å². The first-order valence-corrected chi connectivity index (χ1v) is 7.28. The number of aryl methyl sites for hydroxylation is 1. The molecule has 0 aromatic heterocycles. The summed E-state index contributed by atoms with van der Waals surface area (Å²) < 4.78 is 5.34. The lowest BCUT2D eigenvalue weighted by Gasteiger charge is -2.10. The predicted molar refractivity (Wildman–Crippen MR) is 83.2 cm³/mol. The van der Waals surface area contributed by atoms with E-state index in [2.05, 4.69) is 13.0 Å². The minimum absolute atomic E-state index is 0.716. The highest BCUT2D eigenvalue weighted by Crippen LogP contribution is 2.33. The topological polar surface area (TPSA) is 35.2 Å². The highest BCUT2D eigenvalue weighted by Gasteiger charge is 2.06. The third-order valence-corrected chi connectivity index (χ3v) is 4.15. The second-order valence-corrected chi connectivity index (χ2v) is 5.74. The Bertz CT molecular complexity index is 586. The van der Waals surface area contributed by atoms with Crippen LogP contribution in [0.5, 0.6) is 5.75 Å². The van der Waals surface area contributed by atoms with Gasteiger partial charge >= 0.3 is 0 Å². The molecule has 2 N–H and O–H groups in total. The number of ether oxygens (including phenoxy) is 1. The van der Waals surface area contributed by atoms with E-state index in [-0.39, 0.29) is 0 Å². The summed E-state index contributed by atoms with van der Waals surface area (Å²) in [5, 5.41) is 0.716. The van der Waals surface area contributed by atoms with Gasteiger partial charge in [-0.3, -0.25) is 0 Å². The van der Waals surface area contributed by atoms with Gasteiger partial charge in [-0.2, -0.15) is 0 Å². The summed E-state index contributed by atoms with van der Waals surface area (Å²) in [5.41, 5.74) is 9.05. The van der Waals surface area contributed by atoms with Crippen molar-refractivity contribution in [1.29, 1.82) is 0 Å². The van der Waals surface area contributed by atoms with E-state index in [0.29, 0.717) is 5.02 Å². The van der Waals surface area contributed by atoms with Crippen molar-refractivity contribution in [2.45, 2.75) is 17.6 Å². The fourth-order valence-electron chi connectivity index (χ4n) is 1.78. The molecule has 0 spiro atoms. The number of methoxy groups -OCH3 is 1. The summed E-state index contributed by atoms with van der Waals surface area (Å²) >= 11 is 7.71. The van der Waals surface area contributed by atoms with Gasteiger partial charge in [0.1, 0.15) is 5.75 Å². The molecule has 2 aromatic carbocycles. The summed E-state index contributed by atoms with van der Waals surface area (Å²) in [5.74, 6) is 1.63. The van der Waals surface area contributed by atoms with E-state index in [1.165, 1.54) is 5.56 Å². The van der Waals surface area contributed by atoms with E-state index in [9.17, 15) is 0 Å². The Morgan fingerprint density at radius 1 is 1.21 bits per heavy atom. The van der Waals surface area contributed by atoms with Crippen LogP contribution in [-0.4, -0.2) is 7.11 Å². The van der Waals surface area contributed by atoms with Crippen molar-refractivity contribution in [2.75, 3.05) is 12.8 Å². The minimum Gasteiger partial charge on any atom is -0.496 e. The van der Waals surface area contributed by atoms with Gasteiger partial charge in [0.2, 0.25) is 0 Å². The number of hydrogen-bond donors (Lipinski definition) is 1. The highest BCUT2D eigenvalue weighted by molar-refractivity contribution is 7.98. The van der Waals surface area contributed by atoms with E-state index >= 15 is 0 Å². The third kappa shape index (κ3) is 3.58. The van der Waals surface area contributed by atoms with Gasteiger partial charge in [0.25, 0.3) is 0 Å². The lowest BCUT2D eigenvalue weighted by atomic mass is 10.2. The smallest absolute Gasteiger partial charge is 0.123 e. The van der Waals surface area contributed by atoms with Crippen LogP contribution in [0.1, 0.15) is 11.1 Å². The van der Waals surface area contributed by atoms with Crippen LogP contribution < -0.4 is 10.5 Å². The molecule has 0 bridgehead atoms. The molecule has 2 aromatic rings. The Kier molecular flexibility index (Phi) is 4.61. The van der Waals surface area contributed by atoms with Gasteiger partial charge in [0.15, 0.2) is 0 Å². The van der Waals surface area contributed by atoms with Crippen molar-refractivity contribution in [3.8, 4) is 5.75 Å². The number of nitrogen functional groups attached to an aromatic ring is 1. The SMILES string of the molecule is COc1ccc(Cl)cc1CSc1cc(C)ccc1N. The maximum absolute atomic E-state index is 6.02. The molecule has 2 rings (SSSR count). The van der Waals surface area contributed by atoms with Crippen molar-refractivity contribution >= 4 is 29.1 Å². The maximum atomic E-state index is 6.02. The summed E-state index contributed by atoms with van der Waals surface area (Å²) in [6, 6.07) is 11.7. The van der Waals surface area contributed by atoms with Crippen LogP contribution in [0.25, 0.3) is 0 Å². The van der Waals surface area contributed by atoms with Crippen molar-refractivity contribution < 1.29 is 4.74 Å².